The Morgan fingerprint density at radius 3 is 2.48 bits per heavy atom. The summed E-state index contributed by atoms with van der Waals surface area (Å²) in [5, 5.41) is 3.82. The fraction of sp³-hybridized carbons (Fsp3) is 0.533. The van der Waals surface area contributed by atoms with Crippen LogP contribution in [0.25, 0.3) is 0 Å². The Bertz CT molecular complexity index is 431. The highest BCUT2D eigenvalue weighted by Gasteiger charge is 2.20. The van der Waals surface area contributed by atoms with Gasteiger partial charge in [-0.1, -0.05) is 23.7 Å². The van der Waals surface area contributed by atoms with Gasteiger partial charge in [-0.05, 0) is 30.5 Å². The molecule has 1 heterocycles. The average molecular weight is 332 g/mol. The van der Waals surface area contributed by atoms with Gasteiger partial charge in [0, 0.05) is 43.7 Å². The van der Waals surface area contributed by atoms with Crippen molar-refractivity contribution in [3.8, 4) is 0 Å². The molecule has 0 atom stereocenters. The first-order chi connectivity index (χ1) is 9.67. The summed E-state index contributed by atoms with van der Waals surface area (Å²) in [4.78, 5) is 13.9. The van der Waals surface area contributed by atoms with Crippen molar-refractivity contribution < 1.29 is 4.79 Å². The molecular formula is C15H23Cl2N3O. The summed E-state index contributed by atoms with van der Waals surface area (Å²) >= 11 is 5.88. The number of nitrogens with zero attached hydrogens (tertiary/aromatic N) is 1. The minimum atomic E-state index is 0. The molecular weight excluding hydrogens is 309 g/mol. The molecule has 0 aromatic heterocycles. The Morgan fingerprint density at radius 1 is 1.29 bits per heavy atom. The van der Waals surface area contributed by atoms with Gasteiger partial charge in [0.25, 0.3) is 0 Å². The number of piperidine rings is 1. The van der Waals surface area contributed by atoms with E-state index in [0.29, 0.717) is 19.0 Å². The Morgan fingerprint density at radius 2 is 1.90 bits per heavy atom. The molecule has 1 aromatic carbocycles. The first-order valence-corrected chi connectivity index (χ1v) is 7.51. The largest absolute Gasteiger partial charge is 0.353 e. The van der Waals surface area contributed by atoms with Crippen molar-refractivity contribution in [1.29, 1.82) is 0 Å². The van der Waals surface area contributed by atoms with Crippen molar-refractivity contribution in [2.24, 2.45) is 5.73 Å². The molecule has 0 spiro atoms. The molecule has 4 nitrogen and oxygen atoms in total. The quantitative estimate of drug-likeness (QED) is 0.869. The minimum absolute atomic E-state index is 0. The number of hydrogen-bond acceptors (Lipinski definition) is 3. The third kappa shape index (κ3) is 6.22. The number of halogens is 2. The summed E-state index contributed by atoms with van der Waals surface area (Å²) in [6, 6.07) is 8.29. The fourth-order valence-electron chi connectivity index (χ4n) is 2.51. The second kappa shape index (κ2) is 9.26. The molecule has 1 aromatic rings. The number of nitrogens with one attached hydrogen (secondary N) is 1. The van der Waals surface area contributed by atoms with Gasteiger partial charge >= 0.3 is 0 Å². The molecule has 1 fully saturated rings. The van der Waals surface area contributed by atoms with E-state index in [2.05, 4.69) is 22.3 Å². The number of nitrogens with two attached hydrogens (primary N) is 1. The van der Waals surface area contributed by atoms with Gasteiger partial charge in [-0.15, -0.1) is 12.4 Å². The van der Waals surface area contributed by atoms with Crippen LogP contribution in [0.4, 0.5) is 0 Å². The maximum atomic E-state index is 11.5. The van der Waals surface area contributed by atoms with E-state index in [0.717, 1.165) is 37.5 Å². The summed E-state index contributed by atoms with van der Waals surface area (Å²) in [5.74, 6) is 0.0728. The van der Waals surface area contributed by atoms with Gasteiger partial charge in [-0.25, -0.2) is 0 Å². The standard InChI is InChI=1S/C15H22ClN3O.ClH/c16-13-3-1-12(2-4-13)11-19-9-6-14(7-10-19)18-15(20)5-8-17;/h1-4,14H,5-11,17H2,(H,18,20);1H. The van der Waals surface area contributed by atoms with Crippen LogP contribution in [-0.4, -0.2) is 36.5 Å². The number of hydrogen-bond donors (Lipinski definition) is 2. The average Bonchev–Trinajstić information content (AvgIpc) is 2.44. The van der Waals surface area contributed by atoms with Gasteiger partial charge in [0.15, 0.2) is 0 Å². The lowest BCUT2D eigenvalue weighted by Gasteiger charge is -2.32. The number of likely N-dealkylation sites (tertiary alicyclic amines) is 1. The summed E-state index contributed by atoms with van der Waals surface area (Å²) in [6.45, 7) is 3.38. The molecule has 1 amide bonds. The van der Waals surface area contributed by atoms with Crippen LogP contribution >= 0.6 is 24.0 Å². The van der Waals surface area contributed by atoms with Gasteiger partial charge in [-0.3, -0.25) is 9.69 Å². The van der Waals surface area contributed by atoms with Gasteiger partial charge < -0.3 is 11.1 Å². The number of amides is 1. The smallest absolute Gasteiger partial charge is 0.221 e. The maximum Gasteiger partial charge on any atom is 0.221 e. The molecule has 6 heteroatoms. The lowest BCUT2D eigenvalue weighted by atomic mass is 10.0. The molecule has 3 N–H and O–H groups in total. The number of benzene rings is 1. The molecule has 0 radical (unpaired) electrons. The van der Waals surface area contributed by atoms with Crippen molar-refractivity contribution in [2.45, 2.75) is 31.8 Å². The van der Waals surface area contributed by atoms with Crippen molar-refractivity contribution in [1.82, 2.24) is 10.2 Å². The van der Waals surface area contributed by atoms with E-state index < -0.39 is 0 Å². The number of carbonyl (C=O) groups excluding carboxylic acids is 1. The molecule has 1 aliphatic heterocycles. The zero-order valence-electron chi connectivity index (χ0n) is 12.1. The zero-order chi connectivity index (χ0) is 14.4. The molecule has 0 saturated carbocycles. The van der Waals surface area contributed by atoms with Crippen LogP contribution < -0.4 is 11.1 Å². The second-order valence-electron chi connectivity index (χ2n) is 5.28. The minimum Gasteiger partial charge on any atom is -0.353 e. The van der Waals surface area contributed by atoms with Crippen molar-refractivity contribution in [3.05, 3.63) is 34.9 Å². The highest BCUT2D eigenvalue weighted by Crippen LogP contribution is 2.15. The molecule has 0 unspecified atom stereocenters. The van der Waals surface area contributed by atoms with Crippen molar-refractivity contribution in [2.75, 3.05) is 19.6 Å². The predicted molar refractivity (Wildman–Crippen MR) is 88.8 cm³/mol. The Kier molecular flexibility index (Phi) is 8.04. The molecule has 0 aliphatic carbocycles. The topological polar surface area (TPSA) is 58.4 Å². The van der Waals surface area contributed by atoms with Crippen molar-refractivity contribution in [3.63, 3.8) is 0 Å². The van der Waals surface area contributed by atoms with Gasteiger partial charge in [0.2, 0.25) is 5.91 Å². The van der Waals surface area contributed by atoms with E-state index in [1.54, 1.807) is 0 Å². The van der Waals surface area contributed by atoms with Crippen LogP contribution in [0, 0.1) is 0 Å². The molecule has 21 heavy (non-hydrogen) atoms. The van der Waals surface area contributed by atoms with E-state index in [1.165, 1.54) is 5.56 Å². The third-order valence-corrected chi connectivity index (χ3v) is 3.90. The zero-order valence-corrected chi connectivity index (χ0v) is 13.6. The first-order valence-electron chi connectivity index (χ1n) is 7.13. The maximum absolute atomic E-state index is 11.5. The van der Waals surface area contributed by atoms with E-state index in [4.69, 9.17) is 17.3 Å². The van der Waals surface area contributed by atoms with E-state index in [-0.39, 0.29) is 18.3 Å². The Labute approximate surface area is 137 Å². The molecule has 2 rings (SSSR count). The highest BCUT2D eigenvalue weighted by atomic mass is 35.5. The van der Waals surface area contributed by atoms with E-state index in [9.17, 15) is 4.79 Å². The van der Waals surface area contributed by atoms with Gasteiger partial charge in [0.05, 0.1) is 0 Å². The fourth-order valence-corrected chi connectivity index (χ4v) is 2.64. The van der Waals surface area contributed by atoms with Gasteiger partial charge in [-0.2, -0.15) is 0 Å². The molecule has 118 valence electrons. The number of carbonyl (C=O) groups is 1. The summed E-state index contributed by atoms with van der Waals surface area (Å²) in [5.41, 5.74) is 6.65. The van der Waals surface area contributed by atoms with Crippen LogP contribution in [0.2, 0.25) is 5.02 Å². The number of rotatable bonds is 5. The Hall–Kier alpha value is -0.810. The van der Waals surface area contributed by atoms with Crippen LogP contribution in [0.1, 0.15) is 24.8 Å². The predicted octanol–water partition coefficient (Wildman–Crippen LogP) is 2.19. The summed E-state index contributed by atoms with van der Waals surface area (Å²) in [7, 11) is 0. The monoisotopic (exact) mass is 331 g/mol. The van der Waals surface area contributed by atoms with Crippen LogP contribution in [0.5, 0.6) is 0 Å². The van der Waals surface area contributed by atoms with Crippen LogP contribution in [0.15, 0.2) is 24.3 Å². The molecule has 1 saturated heterocycles. The summed E-state index contributed by atoms with van der Waals surface area (Å²) < 4.78 is 0. The lowest BCUT2D eigenvalue weighted by molar-refractivity contribution is -0.121. The van der Waals surface area contributed by atoms with E-state index in [1.807, 2.05) is 12.1 Å². The SMILES string of the molecule is Cl.NCCC(=O)NC1CCN(Cc2ccc(Cl)cc2)CC1. The molecule has 0 bridgehead atoms. The highest BCUT2D eigenvalue weighted by molar-refractivity contribution is 6.30. The van der Waals surface area contributed by atoms with Crippen LogP contribution in [-0.2, 0) is 11.3 Å². The Balaban J connectivity index is 0.00000220. The van der Waals surface area contributed by atoms with Gasteiger partial charge in [0.1, 0.15) is 0 Å². The second-order valence-corrected chi connectivity index (χ2v) is 5.72. The lowest BCUT2D eigenvalue weighted by Crippen LogP contribution is -2.44. The third-order valence-electron chi connectivity index (χ3n) is 3.64. The van der Waals surface area contributed by atoms with Crippen molar-refractivity contribution >= 4 is 29.9 Å². The molecule has 1 aliphatic rings. The first kappa shape index (κ1) is 18.2. The van der Waals surface area contributed by atoms with Crippen LogP contribution in [0.3, 0.4) is 0 Å². The normalized spacial score (nSPS) is 16.3. The van der Waals surface area contributed by atoms with E-state index >= 15 is 0 Å². The summed E-state index contributed by atoms with van der Waals surface area (Å²) in [6.07, 6.45) is 2.43.